The lowest BCUT2D eigenvalue weighted by molar-refractivity contribution is 0.261. The summed E-state index contributed by atoms with van der Waals surface area (Å²) >= 11 is 0. The van der Waals surface area contributed by atoms with Crippen molar-refractivity contribution in [2.45, 2.75) is 20.3 Å². The molecule has 1 N–H and O–H groups in total. The van der Waals surface area contributed by atoms with Crippen LogP contribution in [0.2, 0.25) is 0 Å². The van der Waals surface area contributed by atoms with Crippen LogP contribution in [0.4, 0.5) is 5.69 Å². The fourth-order valence-electron chi connectivity index (χ4n) is 1.55. The molecular weight excluding hydrogens is 224 g/mol. The van der Waals surface area contributed by atoms with E-state index in [4.69, 9.17) is 4.74 Å². The summed E-state index contributed by atoms with van der Waals surface area (Å²) in [6.07, 6.45) is 1.19. The van der Waals surface area contributed by atoms with Gasteiger partial charge in [-0.05, 0) is 38.6 Å². The molecule has 1 rings (SSSR count). The van der Waals surface area contributed by atoms with E-state index in [1.165, 1.54) is 6.42 Å². The summed E-state index contributed by atoms with van der Waals surface area (Å²) in [6, 6.07) is 8.18. The van der Waals surface area contributed by atoms with Crippen LogP contribution < -0.4 is 10.1 Å². The van der Waals surface area contributed by atoms with Gasteiger partial charge >= 0.3 is 0 Å². The van der Waals surface area contributed by atoms with Gasteiger partial charge in [0.2, 0.25) is 0 Å². The molecule has 0 unspecified atom stereocenters. The first-order chi connectivity index (χ1) is 8.58. The molecule has 0 radical (unpaired) electrons. The minimum Gasteiger partial charge on any atom is -0.492 e. The molecule has 0 spiro atoms. The number of hydrogen-bond donors (Lipinski definition) is 1. The van der Waals surface area contributed by atoms with Crippen LogP contribution in [0.1, 0.15) is 20.3 Å². The summed E-state index contributed by atoms with van der Waals surface area (Å²) in [4.78, 5) is 2.12. The van der Waals surface area contributed by atoms with Gasteiger partial charge in [-0.15, -0.1) is 0 Å². The maximum atomic E-state index is 5.70. The maximum absolute atomic E-state index is 5.70. The zero-order valence-corrected chi connectivity index (χ0v) is 12.1. The fraction of sp³-hybridized carbons (Fsp3) is 0.600. The van der Waals surface area contributed by atoms with E-state index in [9.17, 15) is 0 Å². The molecule has 102 valence electrons. The van der Waals surface area contributed by atoms with Gasteiger partial charge in [-0.25, -0.2) is 0 Å². The first kappa shape index (κ1) is 14.8. The molecule has 0 fully saturated rings. The molecule has 3 heteroatoms. The molecule has 0 saturated carbocycles. The molecule has 0 aromatic heterocycles. The van der Waals surface area contributed by atoms with Crippen LogP contribution in [0.5, 0.6) is 5.75 Å². The topological polar surface area (TPSA) is 24.5 Å². The van der Waals surface area contributed by atoms with Crippen molar-refractivity contribution in [3.05, 3.63) is 24.3 Å². The fourth-order valence-corrected chi connectivity index (χ4v) is 1.55. The van der Waals surface area contributed by atoms with Crippen LogP contribution in [0.25, 0.3) is 0 Å². The molecule has 0 aliphatic heterocycles. The number of nitrogens with zero attached hydrogens (tertiary/aromatic N) is 1. The summed E-state index contributed by atoms with van der Waals surface area (Å²) in [6.45, 7) is 7.15. The average Bonchev–Trinajstić information content (AvgIpc) is 2.28. The third-order valence-corrected chi connectivity index (χ3v) is 2.69. The van der Waals surface area contributed by atoms with Crippen LogP contribution >= 0.6 is 0 Å². The van der Waals surface area contributed by atoms with Gasteiger partial charge in [-0.1, -0.05) is 19.9 Å². The van der Waals surface area contributed by atoms with Gasteiger partial charge < -0.3 is 15.0 Å². The lowest BCUT2D eigenvalue weighted by Crippen LogP contribution is -2.19. The quantitative estimate of drug-likeness (QED) is 0.767. The molecule has 1 aromatic rings. The van der Waals surface area contributed by atoms with Gasteiger partial charge in [0.25, 0.3) is 0 Å². The highest BCUT2D eigenvalue weighted by atomic mass is 16.5. The van der Waals surface area contributed by atoms with Gasteiger partial charge in [0.05, 0.1) is 0 Å². The first-order valence-corrected chi connectivity index (χ1v) is 6.69. The van der Waals surface area contributed by atoms with Crippen molar-refractivity contribution in [1.82, 2.24) is 4.90 Å². The van der Waals surface area contributed by atoms with Crippen molar-refractivity contribution in [2.75, 3.05) is 39.1 Å². The number of nitrogens with one attached hydrogen (secondary N) is 1. The van der Waals surface area contributed by atoms with Crippen molar-refractivity contribution >= 4 is 5.69 Å². The van der Waals surface area contributed by atoms with Crippen LogP contribution in [0.15, 0.2) is 24.3 Å². The maximum Gasteiger partial charge on any atom is 0.121 e. The Bertz CT molecular complexity index is 308. The second-order valence-corrected chi connectivity index (χ2v) is 5.29. The van der Waals surface area contributed by atoms with Gasteiger partial charge in [0.15, 0.2) is 0 Å². The van der Waals surface area contributed by atoms with Gasteiger partial charge in [0, 0.05) is 24.8 Å². The monoisotopic (exact) mass is 250 g/mol. The Morgan fingerprint density at radius 2 is 2.06 bits per heavy atom. The molecule has 3 nitrogen and oxygen atoms in total. The predicted octanol–water partition coefficient (Wildman–Crippen LogP) is 3.09. The number of ether oxygens (including phenoxy) is 1. The molecule has 0 bridgehead atoms. The third-order valence-electron chi connectivity index (χ3n) is 2.69. The minimum absolute atomic E-state index is 0.725. The molecule has 0 saturated heterocycles. The molecule has 1 aromatic carbocycles. The Morgan fingerprint density at radius 1 is 1.28 bits per heavy atom. The van der Waals surface area contributed by atoms with E-state index < -0.39 is 0 Å². The third kappa shape index (κ3) is 6.50. The largest absolute Gasteiger partial charge is 0.492 e. The molecular formula is C15H26N2O. The number of hydrogen-bond acceptors (Lipinski definition) is 3. The Balaban J connectivity index is 2.36. The van der Waals surface area contributed by atoms with E-state index in [2.05, 4.69) is 36.2 Å². The Kier molecular flexibility index (Phi) is 6.58. The minimum atomic E-state index is 0.725. The zero-order chi connectivity index (χ0) is 13.4. The number of rotatable bonds is 8. The van der Waals surface area contributed by atoms with E-state index in [1.807, 2.05) is 26.2 Å². The standard InChI is InChI=1S/C15H26N2O/c1-13(2)8-9-16-14-6-5-7-15(12-14)18-11-10-17(3)4/h5-7,12-13,16H,8-11H2,1-4H3. The van der Waals surface area contributed by atoms with Gasteiger partial charge in [-0.2, -0.15) is 0 Å². The summed E-state index contributed by atoms with van der Waals surface area (Å²) in [5, 5.41) is 3.43. The van der Waals surface area contributed by atoms with Gasteiger partial charge in [-0.3, -0.25) is 0 Å². The van der Waals surface area contributed by atoms with Crippen LogP contribution in [0.3, 0.4) is 0 Å². The van der Waals surface area contributed by atoms with Crippen LogP contribution in [0, 0.1) is 5.92 Å². The lowest BCUT2D eigenvalue weighted by Gasteiger charge is -2.12. The average molecular weight is 250 g/mol. The molecule has 0 amide bonds. The zero-order valence-electron chi connectivity index (χ0n) is 12.1. The Morgan fingerprint density at radius 3 is 2.72 bits per heavy atom. The van der Waals surface area contributed by atoms with E-state index in [0.29, 0.717) is 0 Å². The molecule has 0 aliphatic rings. The summed E-state index contributed by atoms with van der Waals surface area (Å²) in [5.41, 5.74) is 1.14. The van der Waals surface area contributed by atoms with E-state index in [1.54, 1.807) is 0 Å². The summed E-state index contributed by atoms with van der Waals surface area (Å²) in [5.74, 6) is 1.67. The van der Waals surface area contributed by atoms with Crippen molar-refractivity contribution in [3.8, 4) is 5.75 Å². The summed E-state index contributed by atoms with van der Waals surface area (Å²) < 4.78 is 5.70. The first-order valence-electron chi connectivity index (χ1n) is 6.69. The van der Waals surface area contributed by atoms with Crippen molar-refractivity contribution < 1.29 is 4.74 Å². The SMILES string of the molecule is CC(C)CCNc1cccc(OCCN(C)C)c1. The number of benzene rings is 1. The molecule has 0 aliphatic carbocycles. The molecule has 0 atom stereocenters. The second-order valence-electron chi connectivity index (χ2n) is 5.29. The highest BCUT2D eigenvalue weighted by Crippen LogP contribution is 2.17. The van der Waals surface area contributed by atoms with E-state index in [0.717, 1.165) is 37.1 Å². The van der Waals surface area contributed by atoms with Crippen molar-refractivity contribution in [2.24, 2.45) is 5.92 Å². The highest BCUT2D eigenvalue weighted by Gasteiger charge is 1.98. The normalized spacial score (nSPS) is 11.0. The Hall–Kier alpha value is -1.22. The van der Waals surface area contributed by atoms with Crippen LogP contribution in [-0.4, -0.2) is 38.7 Å². The van der Waals surface area contributed by atoms with Crippen LogP contribution in [-0.2, 0) is 0 Å². The lowest BCUT2D eigenvalue weighted by atomic mass is 10.1. The molecule has 0 heterocycles. The smallest absolute Gasteiger partial charge is 0.121 e. The Labute approximate surface area is 111 Å². The number of anilines is 1. The van der Waals surface area contributed by atoms with E-state index in [-0.39, 0.29) is 0 Å². The summed E-state index contributed by atoms with van der Waals surface area (Å²) in [7, 11) is 4.10. The highest BCUT2D eigenvalue weighted by molar-refractivity contribution is 5.48. The molecule has 18 heavy (non-hydrogen) atoms. The number of likely N-dealkylation sites (N-methyl/N-ethyl adjacent to an activating group) is 1. The predicted molar refractivity (Wildman–Crippen MR) is 78.4 cm³/mol. The van der Waals surface area contributed by atoms with E-state index >= 15 is 0 Å². The van der Waals surface area contributed by atoms with Crippen molar-refractivity contribution in [3.63, 3.8) is 0 Å². The van der Waals surface area contributed by atoms with Crippen molar-refractivity contribution in [1.29, 1.82) is 0 Å². The second kappa shape index (κ2) is 7.98. The van der Waals surface area contributed by atoms with Gasteiger partial charge in [0.1, 0.15) is 12.4 Å².